The number of rotatable bonds is 2. The van der Waals surface area contributed by atoms with E-state index in [4.69, 9.17) is 0 Å². The lowest BCUT2D eigenvalue weighted by molar-refractivity contribution is -0.227. The molecule has 0 aromatic rings. The highest BCUT2D eigenvalue weighted by molar-refractivity contribution is 5.11. The van der Waals surface area contributed by atoms with Gasteiger partial charge in [0.15, 0.2) is 0 Å². The molecule has 2 bridgehead atoms. The van der Waals surface area contributed by atoms with Crippen LogP contribution in [0.3, 0.4) is 0 Å². The molecule has 0 aromatic carbocycles. The van der Waals surface area contributed by atoms with E-state index in [-0.39, 0.29) is 0 Å². The first-order valence-corrected chi connectivity index (χ1v) is 6.48. The Bertz CT molecular complexity index is 252. The maximum Gasteiger partial charge on any atom is 0.0681 e. The summed E-state index contributed by atoms with van der Waals surface area (Å²) in [6.45, 7) is 11.3. The first kappa shape index (κ1) is 11.4. The van der Waals surface area contributed by atoms with Crippen LogP contribution >= 0.6 is 0 Å². The monoisotopic (exact) mass is 210 g/mol. The second kappa shape index (κ2) is 3.23. The Balaban J connectivity index is 2.14. The third-order valence-corrected chi connectivity index (χ3v) is 5.33. The highest BCUT2D eigenvalue weighted by Crippen LogP contribution is 2.65. The fraction of sp³-hybridized carbons (Fsp3) is 1.00. The van der Waals surface area contributed by atoms with E-state index in [1.165, 1.54) is 19.3 Å². The van der Waals surface area contributed by atoms with Crippen molar-refractivity contribution in [3.63, 3.8) is 0 Å². The lowest BCUT2D eigenvalue weighted by atomic mass is 9.41. The summed E-state index contributed by atoms with van der Waals surface area (Å²) in [7, 11) is 0. The molecule has 1 N–H and O–H groups in total. The van der Waals surface area contributed by atoms with Gasteiger partial charge in [-0.25, -0.2) is 0 Å². The van der Waals surface area contributed by atoms with Crippen molar-refractivity contribution < 1.29 is 5.11 Å². The van der Waals surface area contributed by atoms with Gasteiger partial charge in [-0.05, 0) is 55.3 Å². The van der Waals surface area contributed by atoms with Crippen LogP contribution in [-0.2, 0) is 0 Å². The third kappa shape index (κ3) is 1.54. The molecule has 0 unspecified atom stereocenters. The normalized spacial score (nSPS) is 47.8. The Morgan fingerprint density at radius 3 is 2.20 bits per heavy atom. The number of hydrogen-bond acceptors (Lipinski definition) is 1. The van der Waals surface area contributed by atoms with Crippen molar-refractivity contribution >= 4 is 0 Å². The SMILES string of the molecule is CC(C)C[C@@H]1C[C@@H]2C[C@@H](C2(C)C)[C@]1(C)O. The smallest absolute Gasteiger partial charge is 0.0681 e. The molecule has 0 spiro atoms. The van der Waals surface area contributed by atoms with Crippen LogP contribution in [0.4, 0.5) is 0 Å². The molecule has 0 saturated heterocycles. The van der Waals surface area contributed by atoms with E-state index < -0.39 is 5.60 Å². The van der Waals surface area contributed by atoms with Crippen molar-refractivity contribution in [2.75, 3.05) is 0 Å². The maximum absolute atomic E-state index is 10.7. The molecule has 0 radical (unpaired) electrons. The fourth-order valence-corrected chi connectivity index (χ4v) is 4.18. The van der Waals surface area contributed by atoms with Crippen LogP contribution in [0.1, 0.15) is 53.9 Å². The quantitative estimate of drug-likeness (QED) is 0.740. The van der Waals surface area contributed by atoms with Crippen molar-refractivity contribution in [2.24, 2.45) is 29.1 Å². The zero-order valence-electron chi connectivity index (χ0n) is 10.9. The molecular formula is C14H26O. The second-order valence-corrected chi connectivity index (χ2v) is 7.09. The molecule has 1 heteroatoms. The summed E-state index contributed by atoms with van der Waals surface area (Å²) in [4.78, 5) is 0. The van der Waals surface area contributed by atoms with Crippen molar-refractivity contribution in [1.29, 1.82) is 0 Å². The minimum absolute atomic E-state index is 0.386. The van der Waals surface area contributed by atoms with E-state index in [1.807, 2.05) is 0 Å². The van der Waals surface area contributed by atoms with Gasteiger partial charge >= 0.3 is 0 Å². The summed E-state index contributed by atoms with van der Waals surface area (Å²) in [5, 5.41) is 10.7. The first-order chi connectivity index (χ1) is 6.76. The Kier molecular flexibility index (Phi) is 2.46. The predicted octanol–water partition coefficient (Wildman–Crippen LogP) is 3.47. The van der Waals surface area contributed by atoms with Gasteiger partial charge in [0.1, 0.15) is 0 Å². The zero-order valence-corrected chi connectivity index (χ0v) is 10.9. The van der Waals surface area contributed by atoms with Crippen LogP contribution in [0.2, 0.25) is 0 Å². The fourth-order valence-electron chi connectivity index (χ4n) is 4.18. The van der Waals surface area contributed by atoms with Gasteiger partial charge in [-0.1, -0.05) is 27.7 Å². The first-order valence-electron chi connectivity index (χ1n) is 6.48. The molecular weight excluding hydrogens is 184 g/mol. The van der Waals surface area contributed by atoms with Crippen LogP contribution in [0.15, 0.2) is 0 Å². The summed E-state index contributed by atoms with van der Waals surface area (Å²) >= 11 is 0. The Hall–Kier alpha value is -0.0400. The summed E-state index contributed by atoms with van der Waals surface area (Å²) in [6.07, 6.45) is 3.69. The van der Waals surface area contributed by atoms with Crippen molar-refractivity contribution in [2.45, 2.75) is 59.5 Å². The molecule has 3 aliphatic rings. The van der Waals surface area contributed by atoms with Crippen LogP contribution in [0.25, 0.3) is 0 Å². The van der Waals surface area contributed by atoms with E-state index >= 15 is 0 Å². The summed E-state index contributed by atoms with van der Waals surface area (Å²) in [5.74, 6) is 2.65. The molecule has 1 nitrogen and oxygen atoms in total. The molecule has 0 aliphatic heterocycles. The molecule has 15 heavy (non-hydrogen) atoms. The van der Waals surface area contributed by atoms with E-state index in [0.717, 1.165) is 5.92 Å². The Morgan fingerprint density at radius 2 is 1.80 bits per heavy atom. The zero-order chi connectivity index (χ0) is 11.4. The molecule has 88 valence electrons. The molecule has 3 aliphatic carbocycles. The topological polar surface area (TPSA) is 20.2 Å². The average molecular weight is 210 g/mol. The Morgan fingerprint density at radius 1 is 1.20 bits per heavy atom. The summed E-state index contributed by atoms with van der Waals surface area (Å²) in [6, 6.07) is 0. The number of aliphatic hydroxyl groups is 1. The van der Waals surface area contributed by atoms with Crippen molar-refractivity contribution in [3.8, 4) is 0 Å². The molecule has 0 amide bonds. The van der Waals surface area contributed by atoms with Gasteiger partial charge in [-0.15, -0.1) is 0 Å². The van der Waals surface area contributed by atoms with Gasteiger partial charge in [-0.2, -0.15) is 0 Å². The van der Waals surface area contributed by atoms with E-state index in [2.05, 4.69) is 34.6 Å². The lowest BCUT2D eigenvalue weighted by Crippen LogP contribution is -2.64. The third-order valence-electron chi connectivity index (χ3n) is 5.33. The van der Waals surface area contributed by atoms with E-state index in [1.54, 1.807) is 0 Å². The highest BCUT2D eigenvalue weighted by Gasteiger charge is 2.62. The van der Waals surface area contributed by atoms with Crippen LogP contribution in [0.5, 0.6) is 0 Å². The van der Waals surface area contributed by atoms with Crippen molar-refractivity contribution in [3.05, 3.63) is 0 Å². The molecule has 4 atom stereocenters. The van der Waals surface area contributed by atoms with Crippen LogP contribution in [-0.4, -0.2) is 10.7 Å². The van der Waals surface area contributed by atoms with Gasteiger partial charge in [-0.3, -0.25) is 0 Å². The summed E-state index contributed by atoms with van der Waals surface area (Å²) in [5.41, 5.74) is -0.0283. The minimum atomic E-state index is -0.414. The number of fused-ring (bicyclic) bond motifs is 2. The minimum Gasteiger partial charge on any atom is -0.390 e. The largest absolute Gasteiger partial charge is 0.390 e. The standard InChI is InChI=1S/C14H26O/c1-9(2)6-11-7-10-8-12(13(10,3)4)14(11,5)15/h9-12,15H,6-8H2,1-5H3/t10-,11-,12+,14-/m1/s1. The molecule has 3 fully saturated rings. The predicted molar refractivity (Wildman–Crippen MR) is 63.6 cm³/mol. The van der Waals surface area contributed by atoms with E-state index in [9.17, 15) is 5.11 Å². The summed E-state index contributed by atoms with van der Waals surface area (Å²) < 4.78 is 0. The molecule has 0 aromatic heterocycles. The molecule has 3 saturated carbocycles. The van der Waals surface area contributed by atoms with Crippen LogP contribution in [0, 0.1) is 29.1 Å². The van der Waals surface area contributed by atoms with Gasteiger partial charge < -0.3 is 5.11 Å². The number of hydrogen-bond donors (Lipinski definition) is 1. The lowest BCUT2D eigenvalue weighted by Gasteiger charge is -2.65. The van der Waals surface area contributed by atoms with Gasteiger partial charge in [0, 0.05) is 0 Å². The van der Waals surface area contributed by atoms with Crippen LogP contribution < -0.4 is 0 Å². The Labute approximate surface area is 94.3 Å². The highest BCUT2D eigenvalue weighted by atomic mass is 16.3. The van der Waals surface area contributed by atoms with Gasteiger partial charge in [0.2, 0.25) is 0 Å². The van der Waals surface area contributed by atoms with Crippen molar-refractivity contribution in [1.82, 2.24) is 0 Å². The average Bonchev–Trinajstić information content (AvgIpc) is 2.06. The maximum atomic E-state index is 10.7. The van der Waals surface area contributed by atoms with Gasteiger partial charge in [0.25, 0.3) is 0 Å². The van der Waals surface area contributed by atoms with E-state index in [0.29, 0.717) is 23.2 Å². The van der Waals surface area contributed by atoms with Gasteiger partial charge in [0.05, 0.1) is 5.60 Å². The molecule has 0 heterocycles. The second-order valence-electron chi connectivity index (χ2n) is 7.09. The molecule has 3 rings (SSSR count).